The number of sulfonamides is 1. The van der Waals surface area contributed by atoms with Gasteiger partial charge in [0, 0.05) is 31.8 Å². The Hall–Kier alpha value is -2.59. The normalized spacial score (nSPS) is 15.2. The van der Waals surface area contributed by atoms with Crippen LogP contribution in [-0.4, -0.2) is 43.4 Å². The van der Waals surface area contributed by atoms with E-state index in [1.807, 2.05) is 0 Å². The van der Waals surface area contributed by atoms with Gasteiger partial charge in [0.05, 0.1) is 24.2 Å². The predicted molar refractivity (Wildman–Crippen MR) is 93.7 cm³/mol. The summed E-state index contributed by atoms with van der Waals surface area (Å²) in [5, 5.41) is 6.57. The van der Waals surface area contributed by atoms with Gasteiger partial charge in [-0.1, -0.05) is 0 Å². The number of aryl methyl sites for hydroxylation is 1. The van der Waals surface area contributed by atoms with E-state index in [1.54, 1.807) is 25.4 Å². The number of hydrogen-bond acceptors (Lipinski definition) is 6. The molecule has 26 heavy (non-hydrogen) atoms. The van der Waals surface area contributed by atoms with E-state index in [2.05, 4.69) is 15.1 Å². The monoisotopic (exact) mass is 380 g/mol. The molecule has 0 fully saturated rings. The second kappa shape index (κ2) is 7.34. The van der Waals surface area contributed by atoms with E-state index in [0.717, 1.165) is 6.42 Å². The van der Waals surface area contributed by atoms with Crippen molar-refractivity contribution in [3.05, 3.63) is 30.5 Å². The first-order valence-electron chi connectivity index (χ1n) is 8.08. The smallest absolute Gasteiger partial charge is 0.243 e. The van der Waals surface area contributed by atoms with Gasteiger partial charge in [-0.15, -0.1) is 0 Å². The van der Waals surface area contributed by atoms with Crippen molar-refractivity contribution in [1.29, 1.82) is 0 Å². The summed E-state index contributed by atoms with van der Waals surface area (Å²) in [5.74, 6) is 0.708. The highest BCUT2D eigenvalue weighted by Crippen LogP contribution is 2.31. The summed E-state index contributed by atoms with van der Waals surface area (Å²) in [4.78, 5) is 12.2. The third-order valence-corrected chi connectivity index (χ3v) is 5.26. The van der Waals surface area contributed by atoms with Crippen LogP contribution in [-0.2, 0) is 21.9 Å². The van der Waals surface area contributed by atoms with Gasteiger partial charge in [0.1, 0.15) is 0 Å². The number of carbonyl (C=O) groups is 1. The molecule has 0 spiro atoms. The first-order valence-corrected chi connectivity index (χ1v) is 9.56. The lowest BCUT2D eigenvalue weighted by molar-refractivity contribution is -0.117. The van der Waals surface area contributed by atoms with Crippen molar-refractivity contribution in [2.75, 3.05) is 18.5 Å². The fraction of sp³-hybridized carbons (Fsp3) is 0.375. The van der Waals surface area contributed by atoms with Crippen LogP contribution < -0.4 is 19.5 Å². The molecule has 1 amide bonds. The van der Waals surface area contributed by atoms with Gasteiger partial charge in [0.2, 0.25) is 15.9 Å². The molecule has 0 radical (unpaired) electrons. The molecule has 2 N–H and O–H groups in total. The maximum atomic E-state index is 12.6. The van der Waals surface area contributed by atoms with Crippen molar-refractivity contribution >= 4 is 21.7 Å². The molecular formula is C16H20N4O5S. The summed E-state index contributed by atoms with van der Waals surface area (Å²) in [7, 11) is -2.19. The minimum absolute atomic E-state index is 0.000707. The fourth-order valence-corrected chi connectivity index (χ4v) is 3.60. The average Bonchev–Trinajstić information content (AvgIpc) is 2.86. The van der Waals surface area contributed by atoms with Crippen LogP contribution >= 0.6 is 0 Å². The molecule has 3 rings (SSSR count). The summed E-state index contributed by atoms with van der Waals surface area (Å²) in [6, 6.07) is 4.99. The second-order valence-electron chi connectivity index (χ2n) is 5.87. The number of nitrogens with one attached hydrogen (secondary N) is 2. The minimum atomic E-state index is -3.91. The molecule has 2 aromatic rings. The molecular weight excluding hydrogens is 360 g/mol. The van der Waals surface area contributed by atoms with E-state index in [-0.39, 0.29) is 4.90 Å². The molecule has 0 saturated carbocycles. The minimum Gasteiger partial charge on any atom is -0.490 e. The number of amides is 1. The van der Waals surface area contributed by atoms with Gasteiger partial charge in [-0.2, -0.15) is 9.82 Å². The number of hydrogen-bond donors (Lipinski definition) is 2. The van der Waals surface area contributed by atoms with Crippen molar-refractivity contribution in [1.82, 2.24) is 14.5 Å². The van der Waals surface area contributed by atoms with Crippen molar-refractivity contribution < 1.29 is 22.7 Å². The first-order chi connectivity index (χ1) is 12.3. The van der Waals surface area contributed by atoms with Gasteiger partial charge >= 0.3 is 0 Å². The molecule has 9 nitrogen and oxygen atoms in total. The Morgan fingerprint density at radius 3 is 2.65 bits per heavy atom. The quantitative estimate of drug-likeness (QED) is 0.797. The van der Waals surface area contributed by atoms with Crippen LogP contribution in [0.25, 0.3) is 0 Å². The lowest BCUT2D eigenvalue weighted by Gasteiger charge is -2.15. The Morgan fingerprint density at radius 1 is 1.23 bits per heavy atom. The topological polar surface area (TPSA) is 112 Å². The number of carbonyl (C=O) groups excluding carboxylic acids is 1. The molecule has 2 heterocycles. The number of fused-ring (bicyclic) bond motifs is 1. The maximum Gasteiger partial charge on any atom is 0.243 e. The molecule has 0 bridgehead atoms. The summed E-state index contributed by atoms with van der Waals surface area (Å²) in [5.41, 5.74) is 0. The number of ether oxygens (including phenoxy) is 2. The molecule has 0 aliphatic carbocycles. The third kappa shape index (κ3) is 4.14. The molecule has 1 atom stereocenters. The Morgan fingerprint density at radius 2 is 1.96 bits per heavy atom. The molecule has 1 aromatic heterocycles. The van der Waals surface area contributed by atoms with E-state index < -0.39 is 22.0 Å². The maximum absolute atomic E-state index is 12.6. The van der Waals surface area contributed by atoms with Crippen LogP contribution in [0, 0.1) is 0 Å². The second-order valence-corrected chi connectivity index (χ2v) is 7.58. The molecule has 140 valence electrons. The fourth-order valence-electron chi connectivity index (χ4n) is 2.38. The lowest BCUT2D eigenvalue weighted by Crippen LogP contribution is -2.41. The van der Waals surface area contributed by atoms with Crippen LogP contribution in [0.5, 0.6) is 11.5 Å². The van der Waals surface area contributed by atoms with Gasteiger partial charge in [-0.25, -0.2) is 8.42 Å². The predicted octanol–water partition coefficient (Wildman–Crippen LogP) is 0.887. The summed E-state index contributed by atoms with van der Waals surface area (Å²) in [6.45, 7) is 2.42. The molecule has 10 heteroatoms. The number of rotatable bonds is 5. The molecule has 1 aromatic carbocycles. The third-order valence-electron chi connectivity index (χ3n) is 3.72. The standard InChI is InChI=1S/C16H20N4O5S/c1-11(16(21)17-15-6-7-20(2)18-15)19-26(22,23)12-4-5-13-14(10-12)25-9-3-8-24-13/h4-7,10-11,19H,3,8-9H2,1-2H3,(H,17,18,21)/t11-/m0/s1. The van der Waals surface area contributed by atoms with Crippen molar-refractivity contribution in [2.24, 2.45) is 7.05 Å². The van der Waals surface area contributed by atoms with Gasteiger partial charge in [0.25, 0.3) is 0 Å². The Labute approximate surface area is 151 Å². The SMILES string of the molecule is C[C@H](NS(=O)(=O)c1ccc2c(c1)OCCCO2)C(=O)Nc1ccn(C)n1. The summed E-state index contributed by atoms with van der Waals surface area (Å²) in [6.07, 6.45) is 2.39. The number of nitrogens with zero attached hydrogens (tertiary/aromatic N) is 2. The molecule has 1 aliphatic heterocycles. The highest BCUT2D eigenvalue weighted by atomic mass is 32.2. The van der Waals surface area contributed by atoms with Crippen molar-refractivity contribution in [3.63, 3.8) is 0 Å². The largest absolute Gasteiger partial charge is 0.490 e. The molecule has 0 unspecified atom stereocenters. The molecule has 1 aliphatic rings. The zero-order chi connectivity index (χ0) is 18.7. The molecule has 0 saturated heterocycles. The van der Waals surface area contributed by atoms with Gasteiger partial charge in [0.15, 0.2) is 17.3 Å². The number of aromatic nitrogens is 2. The van der Waals surface area contributed by atoms with Crippen molar-refractivity contribution in [2.45, 2.75) is 24.3 Å². The van der Waals surface area contributed by atoms with Crippen LogP contribution in [0.2, 0.25) is 0 Å². The lowest BCUT2D eigenvalue weighted by atomic mass is 10.3. The van der Waals surface area contributed by atoms with E-state index >= 15 is 0 Å². The Balaban J connectivity index is 1.71. The van der Waals surface area contributed by atoms with Crippen LogP contribution in [0.4, 0.5) is 5.82 Å². The first kappa shape index (κ1) is 18.2. The van der Waals surface area contributed by atoms with Gasteiger partial charge in [-0.05, 0) is 19.1 Å². The van der Waals surface area contributed by atoms with E-state index in [9.17, 15) is 13.2 Å². The zero-order valence-corrected chi connectivity index (χ0v) is 15.2. The van der Waals surface area contributed by atoms with E-state index in [1.165, 1.54) is 23.7 Å². The Kier molecular flexibility index (Phi) is 5.14. The van der Waals surface area contributed by atoms with E-state index in [4.69, 9.17) is 9.47 Å². The van der Waals surface area contributed by atoms with Crippen molar-refractivity contribution in [3.8, 4) is 11.5 Å². The van der Waals surface area contributed by atoms with Crippen LogP contribution in [0.3, 0.4) is 0 Å². The number of anilines is 1. The van der Waals surface area contributed by atoms with Gasteiger partial charge in [-0.3, -0.25) is 9.48 Å². The van der Waals surface area contributed by atoms with Gasteiger partial charge < -0.3 is 14.8 Å². The highest BCUT2D eigenvalue weighted by molar-refractivity contribution is 7.89. The zero-order valence-electron chi connectivity index (χ0n) is 14.4. The average molecular weight is 380 g/mol. The number of benzene rings is 1. The van der Waals surface area contributed by atoms with Crippen LogP contribution in [0.1, 0.15) is 13.3 Å². The van der Waals surface area contributed by atoms with E-state index in [0.29, 0.717) is 30.5 Å². The summed E-state index contributed by atoms with van der Waals surface area (Å²) >= 11 is 0. The highest BCUT2D eigenvalue weighted by Gasteiger charge is 2.24. The summed E-state index contributed by atoms with van der Waals surface area (Å²) < 4.78 is 40.0. The van der Waals surface area contributed by atoms with Crippen LogP contribution in [0.15, 0.2) is 35.4 Å². The Bertz CT molecular complexity index is 909.